The lowest BCUT2D eigenvalue weighted by molar-refractivity contribution is -0.123. The van der Waals surface area contributed by atoms with Crippen molar-refractivity contribution in [2.24, 2.45) is 0 Å². The van der Waals surface area contributed by atoms with Crippen LogP contribution in [0.5, 0.6) is 11.5 Å². The Bertz CT molecular complexity index is 1190. The van der Waals surface area contributed by atoms with E-state index in [-0.39, 0.29) is 18.2 Å². The van der Waals surface area contributed by atoms with Gasteiger partial charge in [-0.1, -0.05) is 54.1 Å². The number of hydrogen-bond acceptors (Lipinski definition) is 7. The molecular weight excluding hydrogens is 522 g/mol. The van der Waals surface area contributed by atoms with E-state index < -0.39 is 5.91 Å². The minimum Gasteiger partial charge on any atom is -0.493 e. The first kappa shape index (κ1) is 27.5. The second kappa shape index (κ2) is 13.3. The van der Waals surface area contributed by atoms with E-state index in [4.69, 9.17) is 33.3 Å². The van der Waals surface area contributed by atoms with Gasteiger partial charge in [-0.3, -0.25) is 30.1 Å². The number of thiocarbonyl (C=S) groups is 1. The first-order chi connectivity index (χ1) is 17.3. The summed E-state index contributed by atoms with van der Waals surface area (Å²) in [5, 5.41) is 0.437. The molecule has 0 bridgehead atoms. The number of halogens is 1. The molecule has 1 heterocycles. The van der Waals surface area contributed by atoms with Gasteiger partial charge in [-0.05, 0) is 54.8 Å². The number of carbonyl (C=O) groups is 3. The van der Waals surface area contributed by atoms with Crippen LogP contribution >= 0.6 is 35.6 Å². The zero-order valence-corrected chi connectivity index (χ0v) is 22.2. The first-order valence-corrected chi connectivity index (χ1v) is 12.7. The second-order valence-corrected chi connectivity index (χ2v) is 9.88. The van der Waals surface area contributed by atoms with Crippen molar-refractivity contribution in [3.05, 3.63) is 63.5 Å². The first-order valence-electron chi connectivity index (χ1n) is 11.1. The highest BCUT2D eigenvalue weighted by atomic mass is 35.5. The number of hydrazine groups is 1. The average Bonchev–Trinajstić information content (AvgIpc) is 3.14. The summed E-state index contributed by atoms with van der Waals surface area (Å²) in [6.07, 6.45) is 4.05. The van der Waals surface area contributed by atoms with Gasteiger partial charge in [0.05, 0.1) is 19.1 Å². The molecule has 3 amide bonds. The molecule has 3 rings (SSSR count). The Morgan fingerprint density at radius 2 is 1.83 bits per heavy atom. The molecule has 2 N–H and O–H groups in total. The number of carbonyl (C=O) groups excluding carboxylic acids is 3. The topological polar surface area (TPSA) is 97.0 Å². The van der Waals surface area contributed by atoms with E-state index in [1.54, 1.807) is 55.5 Å². The standard InChI is InChI=1S/C25H26ClN3O5S2/c1-33-19-11-10-16(13-20(19)34-2)14-21-24(32)29(25(35)36-21)12-5-3-4-9-22(30)27-28-23(31)17-7-6-8-18(26)15-17/h6-8,10-11,13-15H,3-5,9,12H2,1-2H3,(H,27,30)(H,28,31)/b21-14-. The lowest BCUT2D eigenvalue weighted by atomic mass is 10.1. The van der Waals surface area contributed by atoms with Crippen LogP contribution in [0.3, 0.4) is 0 Å². The predicted molar refractivity (Wildman–Crippen MR) is 145 cm³/mol. The largest absolute Gasteiger partial charge is 0.493 e. The molecule has 0 atom stereocenters. The highest BCUT2D eigenvalue weighted by Gasteiger charge is 2.31. The van der Waals surface area contributed by atoms with Gasteiger partial charge in [-0.25, -0.2) is 0 Å². The van der Waals surface area contributed by atoms with E-state index in [2.05, 4.69) is 10.9 Å². The molecule has 0 saturated carbocycles. The predicted octanol–water partition coefficient (Wildman–Crippen LogP) is 4.58. The van der Waals surface area contributed by atoms with E-state index in [9.17, 15) is 14.4 Å². The molecule has 11 heteroatoms. The summed E-state index contributed by atoms with van der Waals surface area (Å²) in [4.78, 5) is 39.0. The molecule has 2 aromatic carbocycles. The van der Waals surface area contributed by atoms with E-state index >= 15 is 0 Å². The normalized spacial score (nSPS) is 14.2. The number of benzene rings is 2. The summed E-state index contributed by atoms with van der Waals surface area (Å²) >= 11 is 12.5. The maximum Gasteiger partial charge on any atom is 0.269 e. The number of ether oxygens (including phenoxy) is 2. The van der Waals surface area contributed by atoms with Gasteiger partial charge < -0.3 is 9.47 Å². The number of methoxy groups -OCH3 is 2. The fourth-order valence-electron chi connectivity index (χ4n) is 3.41. The molecule has 8 nitrogen and oxygen atoms in total. The van der Waals surface area contributed by atoms with Crippen LogP contribution in [0.4, 0.5) is 0 Å². The van der Waals surface area contributed by atoms with E-state index in [0.29, 0.717) is 50.7 Å². The number of rotatable bonds is 10. The monoisotopic (exact) mass is 547 g/mol. The van der Waals surface area contributed by atoms with Crippen LogP contribution in [0.1, 0.15) is 41.6 Å². The highest BCUT2D eigenvalue weighted by molar-refractivity contribution is 8.26. The molecule has 0 radical (unpaired) electrons. The fraction of sp³-hybridized carbons (Fsp3) is 0.280. The molecule has 0 aromatic heterocycles. The summed E-state index contributed by atoms with van der Waals surface area (Å²) in [6.45, 7) is 0.473. The van der Waals surface area contributed by atoms with Crippen molar-refractivity contribution < 1.29 is 23.9 Å². The van der Waals surface area contributed by atoms with Crippen molar-refractivity contribution in [2.45, 2.75) is 25.7 Å². The van der Waals surface area contributed by atoms with Gasteiger partial charge in [0, 0.05) is 23.6 Å². The van der Waals surface area contributed by atoms with Crippen LogP contribution in [-0.2, 0) is 9.59 Å². The molecular formula is C25H26ClN3O5S2. The SMILES string of the molecule is COc1ccc(/C=C2\SC(=S)N(CCCCCC(=O)NNC(=O)c3cccc(Cl)c3)C2=O)cc1OC. The molecule has 1 aliphatic heterocycles. The van der Waals surface area contributed by atoms with Gasteiger partial charge in [-0.2, -0.15) is 0 Å². The van der Waals surface area contributed by atoms with Crippen molar-refractivity contribution >= 4 is 63.7 Å². The third-order valence-electron chi connectivity index (χ3n) is 5.27. The molecule has 0 spiro atoms. The Morgan fingerprint density at radius 1 is 1.06 bits per heavy atom. The average molecular weight is 548 g/mol. The van der Waals surface area contributed by atoms with E-state index in [0.717, 1.165) is 12.0 Å². The molecule has 1 aliphatic rings. The van der Waals surface area contributed by atoms with Crippen LogP contribution in [-0.4, -0.2) is 47.7 Å². The molecule has 0 aliphatic carbocycles. The Morgan fingerprint density at radius 3 is 2.56 bits per heavy atom. The van der Waals surface area contributed by atoms with Crippen molar-refractivity contribution in [3.8, 4) is 11.5 Å². The molecule has 2 aromatic rings. The number of nitrogens with zero attached hydrogens (tertiary/aromatic N) is 1. The lowest BCUT2D eigenvalue weighted by Gasteiger charge is -2.14. The summed E-state index contributed by atoms with van der Waals surface area (Å²) in [6, 6.07) is 11.9. The zero-order chi connectivity index (χ0) is 26.1. The van der Waals surface area contributed by atoms with Crippen molar-refractivity contribution in [3.63, 3.8) is 0 Å². The molecule has 0 unspecified atom stereocenters. The number of unbranched alkanes of at least 4 members (excludes halogenated alkanes) is 2. The third-order valence-corrected chi connectivity index (χ3v) is 6.88. The lowest BCUT2D eigenvalue weighted by Crippen LogP contribution is -2.41. The van der Waals surface area contributed by atoms with Crippen molar-refractivity contribution in [1.82, 2.24) is 15.8 Å². The second-order valence-electron chi connectivity index (χ2n) is 7.77. The molecule has 1 saturated heterocycles. The molecule has 190 valence electrons. The molecule has 1 fully saturated rings. The van der Waals surface area contributed by atoms with Crippen LogP contribution in [0, 0.1) is 0 Å². The van der Waals surface area contributed by atoms with Gasteiger partial charge in [0.15, 0.2) is 11.5 Å². The smallest absolute Gasteiger partial charge is 0.269 e. The Hall–Kier alpha value is -3.08. The Balaban J connectivity index is 1.40. The number of hydrogen-bond donors (Lipinski definition) is 2. The van der Waals surface area contributed by atoms with Gasteiger partial charge in [0.2, 0.25) is 5.91 Å². The van der Waals surface area contributed by atoms with Crippen LogP contribution in [0.25, 0.3) is 6.08 Å². The minimum absolute atomic E-state index is 0.138. The zero-order valence-electron chi connectivity index (χ0n) is 19.8. The Labute approximate surface area is 224 Å². The van der Waals surface area contributed by atoms with Crippen LogP contribution in [0.15, 0.2) is 47.4 Å². The summed E-state index contributed by atoms with van der Waals surface area (Å²) < 4.78 is 11.1. The van der Waals surface area contributed by atoms with Crippen LogP contribution in [0.2, 0.25) is 5.02 Å². The van der Waals surface area contributed by atoms with Crippen molar-refractivity contribution in [2.75, 3.05) is 20.8 Å². The summed E-state index contributed by atoms with van der Waals surface area (Å²) in [5.41, 5.74) is 5.93. The summed E-state index contributed by atoms with van der Waals surface area (Å²) in [5.74, 6) is 0.311. The van der Waals surface area contributed by atoms with Crippen molar-refractivity contribution in [1.29, 1.82) is 0 Å². The highest BCUT2D eigenvalue weighted by Crippen LogP contribution is 2.34. The van der Waals surface area contributed by atoms with E-state index in [1.807, 2.05) is 6.07 Å². The number of amides is 3. The fourth-order valence-corrected chi connectivity index (χ4v) is 4.91. The summed E-state index contributed by atoms with van der Waals surface area (Å²) in [7, 11) is 3.12. The van der Waals surface area contributed by atoms with Crippen LogP contribution < -0.4 is 20.3 Å². The van der Waals surface area contributed by atoms with Gasteiger partial charge in [0.1, 0.15) is 4.32 Å². The molecule has 36 heavy (non-hydrogen) atoms. The Kier molecular flexibility index (Phi) is 10.2. The minimum atomic E-state index is -0.443. The van der Waals surface area contributed by atoms with Gasteiger partial charge in [0.25, 0.3) is 11.8 Å². The third kappa shape index (κ3) is 7.46. The van der Waals surface area contributed by atoms with Gasteiger partial charge >= 0.3 is 0 Å². The maximum atomic E-state index is 12.8. The number of nitrogens with one attached hydrogen (secondary N) is 2. The van der Waals surface area contributed by atoms with Gasteiger partial charge in [-0.15, -0.1) is 0 Å². The number of thioether (sulfide) groups is 1. The maximum absolute atomic E-state index is 12.8. The quantitative estimate of drug-likeness (QED) is 0.194. The van der Waals surface area contributed by atoms with E-state index in [1.165, 1.54) is 17.8 Å².